The maximum Gasteiger partial charge on any atom is 0.275 e. The van der Waals surface area contributed by atoms with Crippen molar-refractivity contribution in [3.05, 3.63) is 82.5 Å². The maximum absolute atomic E-state index is 13.6. The molecule has 1 aliphatic rings. The number of sulfonamides is 1. The summed E-state index contributed by atoms with van der Waals surface area (Å²) in [6.07, 6.45) is 0. The molecule has 0 amide bonds. The molecule has 2 aromatic carbocycles. The number of nitrogens with zero attached hydrogens (tertiary/aromatic N) is 5. The largest absolute Gasteiger partial charge is 0.295 e. The molecular weight excluding hydrogens is 465 g/mol. The monoisotopic (exact) mass is 485 g/mol. The zero-order valence-electron chi connectivity index (χ0n) is 17.5. The molecule has 11 heteroatoms. The van der Waals surface area contributed by atoms with Gasteiger partial charge in [0.2, 0.25) is 15.0 Å². The molecule has 0 aliphatic carbocycles. The smallest absolute Gasteiger partial charge is 0.275 e. The molecule has 4 aromatic rings. The van der Waals surface area contributed by atoms with Crippen molar-refractivity contribution in [2.45, 2.75) is 11.4 Å². The minimum Gasteiger partial charge on any atom is -0.295 e. The average Bonchev–Trinajstić information content (AvgIpc) is 3.25. The van der Waals surface area contributed by atoms with E-state index in [4.69, 9.17) is 0 Å². The molecule has 1 saturated heterocycles. The summed E-state index contributed by atoms with van der Waals surface area (Å²) in [7, 11) is -3.52. The molecular formula is C22H20FN5O3S2. The highest BCUT2D eigenvalue weighted by molar-refractivity contribution is 7.89. The second kappa shape index (κ2) is 8.75. The summed E-state index contributed by atoms with van der Waals surface area (Å²) in [5, 5.41) is 4.79. The molecule has 8 nitrogen and oxygen atoms in total. The van der Waals surface area contributed by atoms with Crippen molar-refractivity contribution in [1.29, 1.82) is 0 Å². The Morgan fingerprint density at radius 1 is 0.970 bits per heavy atom. The van der Waals surface area contributed by atoms with Crippen LogP contribution >= 0.6 is 11.3 Å². The van der Waals surface area contributed by atoms with Crippen molar-refractivity contribution in [2.75, 3.05) is 26.2 Å². The lowest BCUT2D eigenvalue weighted by atomic mass is 10.2. The summed E-state index contributed by atoms with van der Waals surface area (Å²) < 4.78 is 41.9. The molecule has 1 aliphatic heterocycles. The van der Waals surface area contributed by atoms with Crippen LogP contribution in [0.15, 0.2) is 70.4 Å². The lowest BCUT2D eigenvalue weighted by Gasteiger charge is -2.33. The van der Waals surface area contributed by atoms with Crippen LogP contribution in [0.25, 0.3) is 15.5 Å². The second-order valence-electron chi connectivity index (χ2n) is 7.69. The number of piperazine rings is 1. The van der Waals surface area contributed by atoms with E-state index in [2.05, 4.69) is 15.0 Å². The summed E-state index contributed by atoms with van der Waals surface area (Å²) in [6.45, 7) is 2.22. The highest BCUT2D eigenvalue weighted by atomic mass is 32.2. The van der Waals surface area contributed by atoms with Crippen molar-refractivity contribution in [3.63, 3.8) is 0 Å². The molecule has 0 atom stereocenters. The van der Waals surface area contributed by atoms with Crippen LogP contribution in [0.4, 0.5) is 4.39 Å². The maximum atomic E-state index is 13.6. The van der Waals surface area contributed by atoms with E-state index in [0.717, 1.165) is 0 Å². The van der Waals surface area contributed by atoms with Gasteiger partial charge in [0.1, 0.15) is 10.8 Å². The van der Waals surface area contributed by atoms with Gasteiger partial charge in [-0.15, -0.1) is 0 Å². The predicted molar refractivity (Wildman–Crippen MR) is 123 cm³/mol. The van der Waals surface area contributed by atoms with Gasteiger partial charge in [0.15, 0.2) is 0 Å². The van der Waals surface area contributed by atoms with Gasteiger partial charge in [-0.3, -0.25) is 9.69 Å². The van der Waals surface area contributed by atoms with E-state index < -0.39 is 10.0 Å². The van der Waals surface area contributed by atoms with E-state index >= 15 is 0 Å². The first-order valence-electron chi connectivity index (χ1n) is 10.3. The van der Waals surface area contributed by atoms with E-state index in [1.54, 1.807) is 42.5 Å². The zero-order chi connectivity index (χ0) is 23.0. The average molecular weight is 486 g/mol. The minimum absolute atomic E-state index is 0.290. The Balaban J connectivity index is 1.31. The first-order chi connectivity index (χ1) is 15.9. The molecule has 0 bridgehead atoms. The summed E-state index contributed by atoms with van der Waals surface area (Å²) in [4.78, 5) is 19.9. The number of benzene rings is 2. The van der Waals surface area contributed by atoms with Gasteiger partial charge >= 0.3 is 0 Å². The van der Waals surface area contributed by atoms with E-state index in [9.17, 15) is 17.6 Å². The van der Waals surface area contributed by atoms with Crippen molar-refractivity contribution >= 4 is 26.3 Å². The lowest BCUT2D eigenvalue weighted by molar-refractivity contribution is 0.180. The fourth-order valence-corrected chi connectivity index (χ4v) is 6.14. The molecule has 2 aromatic heterocycles. The van der Waals surface area contributed by atoms with Gasteiger partial charge in [0.05, 0.1) is 10.6 Å². The Labute approximate surface area is 193 Å². The van der Waals surface area contributed by atoms with Gasteiger partial charge in [0.25, 0.3) is 5.56 Å². The number of halogens is 1. The third-order valence-corrected chi connectivity index (χ3v) is 8.34. The second-order valence-corrected chi connectivity index (χ2v) is 10.6. The molecule has 33 heavy (non-hydrogen) atoms. The van der Waals surface area contributed by atoms with Gasteiger partial charge in [0, 0.05) is 44.4 Å². The third kappa shape index (κ3) is 4.44. The van der Waals surface area contributed by atoms with Crippen LogP contribution in [-0.4, -0.2) is 58.4 Å². The van der Waals surface area contributed by atoms with Crippen LogP contribution in [0.1, 0.15) is 5.69 Å². The van der Waals surface area contributed by atoms with E-state index in [-0.39, 0.29) is 16.3 Å². The first-order valence-corrected chi connectivity index (χ1v) is 12.6. The van der Waals surface area contributed by atoms with Gasteiger partial charge in [-0.1, -0.05) is 41.7 Å². The summed E-state index contributed by atoms with van der Waals surface area (Å²) in [5.41, 5.74) is 0.871. The fraction of sp³-hybridized carbons (Fsp3) is 0.227. The SMILES string of the molecule is O=c1cc(CN2CCN(S(=O)(=O)c3ccccc3)CC2)nc2sc(-c3cccc(F)c3)nn12. The Bertz CT molecular complexity index is 1460. The molecule has 170 valence electrons. The number of aromatic nitrogens is 3. The van der Waals surface area contributed by atoms with Crippen molar-refractivity contribution in [2.24, 2.45) is 0 Å². The Morgan fingerprint density at radius 3 is 2.45 bits per heavy atom. The minimum atomic E-state index is -3.52. The molecule has 0 saturated carbocycles. The normalized spacial score (nSPS) is 15.8. The van der Waals surface area contributed by atoms with Gasteiger partial charge in [-0.25, -0.2) is 17.8 Å². The van der Waals surface area contributed by atoms with Gasteiger partial charge < -0.3 is 0 Å². The van der Waals surface area contributed by atoms with E-state index in [0.29, 0.717) is 53.9 Å². The summed E-state index contributed by atoms with van der Waals surface area (Å²) in [6, 6.07) is 15.9. The first kappa shape index (κ1) is 21.8. The quantitative estimate of drug-likeness (QED) is 0.432. The summed E-state index contributed by atoms with van der Waals surface area (Å²) >= 11 is 1.22. The van der Waals surface area contributed by atoms with Crippen molar-refractivity contribution in [3.8, 4) is 10.6 Å². The molecule has 0 spiro atoms. The fourth-order valence-electron chi connectivity index (χ4n) is 3.77. The number of rotatable bonds is 5. The topological polar surface area (TPSA) is 87.9 Å². The predicted octanol–water partition coefficient (Wildman–Crippen LogP) is 2.46. The highest BCUT2D eigenvalue weighted by Crippen LogP contribution is 2.25. The molecule has 3 heterocycles. The molecule has 0 unspecified atom stereocenters. The number of hydrogen-bond donors (Lipinski definition) is 0. The third-order valence-electron chi connectivity index (χ3n) is 5.47. The Kier molecular flexibility index (Phi) is 5.79. The van der Waals surface area contributed by atoms with Crippen molar-refractivity contribution < 1.29 is 12.8 Å². The van der Waals surface area contributed by atoms with E-state index in [1.807, 2.05) is 0 Å². The van der Waals surface area contributed by atoms with E-state index in [1.165, 1.54) is 38.4 Å². The van der Waals surface area contributed by atoms with Crippen molar-refractivity contribution in [1.82, 2.24) is 23.8 Å². The lowest BCUT2D eigenvalue weighted by Crippen LogP contribution is -2.48. The van der Waals surface area contributed by atoms with Gasteiger partial charge in [-0.05, 0) is 24.3 Å². The molecule has 1 fully saturated rings. The number of hydrogen-bond acceptors (Lipinski definition) is 7. The van der Waals surface area contributed by atoms with Crippen LogP contribution in [0.5, 0.6) is 0 Å². The summed E-state index contributed by atoms with van der Waals surface area (Å²) in [5.74, 6) is -0.374. The van der Waals surface area contributed by atoms with Crippen LogP contribution in [0, 0.1) is 5.82 Å². The standard InChI is InChI=1S/C22H20FN5O3S2/c23-17-6-4-5-16(13-17)21-25-28-20(29)14-18(24-22(28)32-21)15-26-9-11-27(12-10-26)33(30,31)19-7-2-1-3-8-19/h1-8,13-14H,9-12,15H2. The van der Waals surface area contributed by atoms with Crippen LogP contribution in [0.3, 0.4) is 0 Å². The Morgan fingerprint density at radius 2 is 1.73 bits per heavy atom. The van der Waals surface area contributed by atoms with Crippen LogP contribution in [0.2, 0.25) is 0 Å². The highest BCUT2D eigenvalue weighted by Gasteiger charge is 2.28. The molecule has 0 radical (unpaired) electrons. The van der Waals surface area contributed by atoms with Crippen LogP contribution in [-0.2, 0) is 16.6 Å². The Hall–Kier alpha value is -2.99. The van der Waals surface area contributed by atoms with Crippen LogP contribution < -0.4 is 5.56 Å². The molecule has 0 N–H and O–H groups in total. The number of fused-ring (bicyclic) bond motifs is 1. The zero-order valence-corrected chi connectivity index (χ0v) is 19.1. The molecule has 5 rings (SSSR count). The van der Waals surface area contributed by atoms with Gasteiger partial charge in [-0.2, -0.15) is 13.9 Å².